The third kappa shape index (κ3) is 10.1. The lowest BCUT2D eigenvalue weighted by atomic mass is 9.96. The highest BCUT2D eigenvalue weighted by Crippen LogP contribution is 2.35. The molecule has 15 nitrogen and oxygen atoms in total. The van der Waals surface area contributed by atoms with E-state index in [1.54, 1.807) is 25.7 Å². The topological polar surface area (TPSA) is 151 Å². The molecule has 2 amide bonds. The Morgan fingerprint density at radius 3 is 2.42 bits per heavy atom. The summed E-state index contributed by atoms with van der Waals surface area (Å²) in [5, 5.41) is 10.7. The SMILES string of the molecule is COc1cc(N2CCC(N3CCN(CC4CN(c5ccc(C=O)c(CN(C)C6CCC(=O)NC6=O)c5)C4)CC3)CC2)ccc1Nc1ncc(Cl)c(Nc2cnccc2P(C)C)n1. The van der Waals surface area contributed by atoms with E-state index in [1.165, 1.54) is 5.30 Å². The van der Waals surface area contributed by atoms with Crippen LogP contribution in [0.15, 0.2) is 61.1 Å². The van der Waals surface area contributed by atoms with Gasteiger partial charge in [0.2, 0.25) is 17.8 Å². The summed E-state index contributed by atoms with van der Waals surface area (Å²) in [6.07, 6.45) is 9.14. The summed E-state index contributed by atoms with van der Waals surface area (Å²) in [5.74, 6) is 1.74. The molecule has 4 aliphatic heterocycles. The molecule has 4 fully saturated rings. The molecule has 6 heterocycles. The molecule has 328 valence electrons. The molecule has 0 aliphatic carbocycles. The number of ether oxygens (including phenoxy) is 1. The van der Waals surface area contributed by atoms with Gasteiger partial charge in [0.25, 0.3) is 0 Å². The molecule has 2 aromatic heterocycles. The number of aldehydes is 1. The first-order valence-electron chi connectivity index (χ1n) is 21.5. The molecule has 4 aromatic rings. The van der Waals surface area contributed by atoms with Crippen LogP contribution in [-0.2, 0) is 16.1 Å². The molecule has 1 unspecified atom stereocenters. The Labute approximate surface area is 370 Å². The molecule has 0 saturated carbocycles. The quantitative estimate of drug-likeness (QED) is 0.0820. The van der Waals surface area contributed by atoms with Gasteiger partial charge in [-0.1, -0.05) is 19.5 Å². The van der Waals surface area contributed by atoms with Crippen LogP contribution in [0.3, 0.4) is 0 Å². The standard InChI is InChI=1S/C45H57ClN11O4P/c1-53(39-9-10-42(59)51-44(39)60)28-32-21-34(6-5-31(32)29-58)57-26-30(27-57)25-54-17-19-56(20-18-54)33-12-15-55(16-13-33)35-7-8-37(40(22-35)61-2)50-45-48-23-36(46)43(52-45)49-38-24-47-14-11-41(38)62(3)4/h5-8,11,14,21-24,29-30,33,39H,9-10,12-13,15-20,25-28H2,1-4H3,(H,51,59,60)(H2,48,49,50,52). The van der Waals surface area contributed by atoms with Crippen LogP contribution in [0.4, 0.5) is 34.5 Å². The first kappa shape index (κ1) is 43.7. The fourth-order valence-electron chi connectivity index (χ4n) is 9.20. The van der Waals surface area contributed by atoms with Crippen LogP contribution in [0.2, 0.25) is 5.02 Å². The molecule has 3 N–H and O–H groups in total. The van der Waals surface area contributed by atoms with Crippen molar-refractivity contribution < 1.29 is 19.1 Å². The number of hydrogen-bond donors (Lipinski definition) is 3. The number of rotatable bonds is 15. The van der Waals surface area contributed by atoms with Crippen LogP contribution in [0.5, 0.6) is 5.75 Å². The molecule has 0 radical (unpaired) electrons. The minimum absolute atomic E-state index is 0.227. The molecule has 0 bridgehead atoms. The van der Waals surface area contributed by atoms with Crippen molar-refractivity contribution in [2.24, 2.45) is 5.92 Å². The van der Waals surface area contributed by atoms with Gasteiger partial charge >= 0.3 is 0 Å². The summed E-state index contributed by atoms with van der Waals surface area (Å²) in [6.45, 7) is 14.3. The fraction of sp³-hybridized carbons (Fsp3) is 0.467. The lowest BCUT2D eigenvalue weighted by Gasteiger charge is -2.46. The lowest BCUT2D eigenvalue weighted by Crippen LogP contribution is -2.57. The average molecular weight is 882 g/mol. The molecule has 4 aliphatic rings. The van der Waals surface area contributed by atoms with E-state index in [4.69, 9.17) is 16.3 Å². The van der Waals surface area contributed by atoms with E-state index < -0.39 is 0 Å². The van der Waals surface area contributed by atoms with Gasteiger partial charge in [0.05, 0.1) is 36.9 Å². The fourth-order valence-corrected chi connectivity index (χ4v) is 10.3. The highest BCUT2D eigenvalue weighted by molar-refractivity contribution is 7.64. The van der Waals surface area contributed by atoms with E-state index in [-0.39, 0.29) is 25.8 Å². The average Bonchev–Trinajstić information content (AvgIpc) is 3.26. The van der Waals surface area contributed by atoms with E-state index in [0.29, 0.717) is 53.7 Å². The maximum absolute atomic E-state index is 12.4. The van der Waals surface area contributed by atoms with Gasteiger partial charge in [0.1, 0.15) is 17.1 Å². The molecule has 0 spiro atoms. The van der Waals surface area contributed by atoms with Crippen LogP contribution in [-0.4, -0.2) is 146 Å². The molecular formula is C45H57ClN11O4P. The van der Waals surface area contributed by atoms with Crippen molar-refractivity contribution in [3.8, 4) is 5.75 Å². The summed E-state index contributed by atoms with van der Waals surface area (Å²) < 4.78 is 5.85. The van der Waals surface area contributed by atoms with Gasteiger partial charge in [-0.2, -0.15) is 4.98 Å². The van der Waals surface area contributed by atoms with Gasteiger partial charge in [-0.25, -0.2) is 4.98 Å². The Morgan fingerprint density at radius 2 is 1.69 bits per heavy atom. The van der Waals surface area contributed by atoms with Gasteiger partial charge in [0.15, 0.2) is 5.82 Å². The monoisotopic (exact) mass is 881 g/mol. The van der Waals surface area contributed by atoms with Crippen LogP contribution >= 0.6 is 19.5 Å². The number of aromatic nitrogens is 3. The maximum atomic E-state index is 12.4. The second kappa shape index (κ2) is 19.6. The van der Waals surface area contributed by atoms with Crippen LogP contribution in [0, 0.1) is 5.92 Å². The molecule has 8 rings (SSSR count). The van der Waals surface area contributed by atoms with Crippen molar-refractivity contribution in [3.05, 3.63) is 77.2 Å². The molecular weight excluding hydrogens is 825 g/mol. The largest absolute Gasteiger partial charge is 0.494 e. The molecule has 4 saturated heterocycles. The third-order valence-electron chi connectivity index (χ3n) is 12.7. The number of hydrogen-bond acceptors (Lipinski definition) is 14. The summed E-state index contributed by atoms with van der Waals surface area (Å²) in [6, 6.07) is 14.5. The zero-order valence-corrected chi connectivity index (χ0v) is 37.7. The highest BCUT2D eigenvalue weighted by Gasteiger charge is 2.34. The summed E-state index contributed by atoms with van der Waals surface area (Å²) in [5.41, 5.74) is 5.44. The zero-order chi connectivity index (χ0) is 43.3. The minimum atomic E-state index is -0.385. The number of benzene rings is 2. The van der Waals surface area contributed by atoms with E-state index in [9.17, 15) is 14.4 Å². The number of carbonyl (C=O) groups is 3. The zero-order valence-electron chi connectivity index (χ0n) is 36.0. The Bertz CT molecular complexity index is 2250. The van der Waals surface area contributed by atoms with Crippen LogP contribution in [0.1, 0.15) is 41.6 Å². The first-order chi connectivity index (χ1) is 30.0. The van der Waals surface area contributed by atoms with Crippen molar-refractivity contribution in [2.45, 2.75) is 44.3 Å². The number of carbonyl (C=O) groups excluding carboxylic acids is 3. The van der Waals surface area contributed by atoms with Gasteiger partial charge in [-0.05, 0) is 81.6 Å². The second-order valence-electron chi connectivity index (χ2n) is 17.0. The second-order valence-corrected chi connectivity index (χ2v) is 19.7. The van der Waals surface area contributed by atoms with Gasteiger partial charge < -0.3 is 30.1 Å². The Morgan fingerprint density at radius 1 is 0.935 bits per heavy atom. The number of likely N-dealkylation sites (N-methyl/N-ethyl adjacent to an activating group) is 1. The Balaban J connectivity index is 0.782. The number of methoxy groups -OCH3 is 1. The predicted molar refractivity (Wildman–Crippen MR) is 248 cm³/mol. The highest BCUT2D eigenvalue weighted by atomic mass is 35.5. The van der Waals surface area contributed by atoms with Crippen molar-refractivity contribution in [3.63, 3.8) is 0 Å². The third-order valence-corrected chi connectivity index (χ3v) is 14.3. The maximum Gasteiger partial charge on any atom is 0.243 e. The van der Waals surface area contributed by atoms with Crippen molar-refractivity contribution in [1.29, 1.82) is 0 Å². The van der Waals surface area contributed by atoms with Gasteiger partial charge in [-0.3, -0.25) is 34.5 Å². The van der Waals surface area contributed by atoms with E-state index in [1.807, 2.05) is 36.2 Å². The Hall–Kier alpha value is -4.92. The molecule has 1 atom stereocenters. The number of piperazine rings is 1. The molecule has 2 aromatic carbocycles. The minimum Gasteiger partial charge on any atom is -0.494 e. The van der Waals surface area contributed by atoms with E-state index in [0.717, 1.165) is 112 Å². The van der Waals surface area contributed by atoms with Gasteiger partial charge in [0, 0.05) is 118 Å². The summed E-state index contributed by atoms with van der Waals surface area (Å²) in [7, 11) is 3.20. The molecule has 17 heteroatoms. The number of anilines is 6. The lowest BCUT2D eigenvalue weighted by molar-refractivity contribution is -0.137. The summed E-state index contributed by atoms with van der Waals surface area (Å²) in [4.78, 5) is 61.5. The number of amides is 2. The van der Waals surface area contributed by atoms with Crippen LogP contribution in [0.25, 0.3) is 0 Å². The van der Waals surface area contributed by atoms with Crippen molar-refractivity contribution in [2.75, 3.05) is 107 Å². The molecule has 62 heavy (non-hydrogen) atoms. The van der Waals surface area contributed by atoms with Crippen molar-refractivity contribution >= 4 is 77.4 Å². The summed E-state index contributed by atoms with van der Waals surface area (Å²) >= 11 is 6.51. The number of halogens is 1. The number of piperidine rings is 2. The number of pyridine rings is 1. The number of nitrogens with zero attached hydrogens (tertiary/aromatic N) is 8. The Kier molecular flexibility index (Phi) is 13.8. The first-order valence-corrected chi connectivity index (χ1v) is 24.1. The predicted octanol–water partition coefficient (Wildman–Crippen LogP) is 5.16. The smallest absolute Gasteiger partial charge is 0.243 e. The number of nitrogens with one attached hydrogen (secondary N) is 3. The van der Waals surface area contributed by atoms with E-state index in [2.05, 4.69) is 82.0 Å². The van der Waals surface area contributed by atoms with Crippen molar-refractivity contribution in [1.82, 2.24) is 35.0 Å². The van der Waals surface area contributed by atoms with Gasteiger partial charge in [-0.15, -0.1) is 0 Å². The number of imide groups is 1. The van der Waals surface area contributed by atoms with Crippen LogP contribution < -0.4 is 35.8 Å². The van der Waals surface area contributed by atoms with E-state index >= 15 is 0 Å². The normalized spacial score (nSPS) is 19.4.